The van der Waals surface area contributed by atoms with Gasteiger partial charge < -0.3 is 5.11 Å². The summed E-state index contributed by atoms with van der Waals surface area (Å²) in [6.45, 7) is 1.94. The number of amidine groups is 1. The van der Waals surface area contributed by atoms with Crippen LogP contribution >= 0.6 is 0 Å². The Morgan fingerprint density at radius 2 is 1.75 bits per heavy atom. The first-order valence-electron chi connectivity index (χ1n) is 11.8. The van der Waals surface area contributed by atoms with Gasteiger partial charge in [-0.15, -0.1) is 0 Å². The zero-order valence-electron chi connectivity index (χ0n) is 19.8. The summed E-state index contributed by atoms with van der Waals surface area (Å²) in [7, 11) is 0. The van der Waals surface area contributed by atoms with Crippen LogP contribution in [0.25, 0.3) is 5.76 Å². The molecule has 3 aromatic carbocycles. The highest BCUT2D eigenvalue weighted by atomic mass is 16.6. The summed E-state index contributed by atoms with van der Waals surface area (Å²) < 4.78 is 0. The normalized spacial score (nSPS) is 19.2. The summed E-state index contributed by atoms with van der Waals surface area (Å²) in [6.07, 6.45) is 1.58. The molecule has 0 saturated carbocycles. The van der Waals surface area contributed by atoms with Gasteiger partial charge >= 0.3 is 0 Å². The SMILES string of the molecule is Cc1ccc(C(O)=C2C(=N)N(c3ccccc3)C3=C(C(=O)CCC3)[C@@H]2c2cccc([N+](=O)[O-])c2)cc1. The summed E-state index contributed by atoms with van der Waals surface area (Å²) in [4.78, 5) is 26.3. The van der Waals surface area contributed by atoms with Crippen LogP contribution in [0.1, 0.15) is 41.9 Å². The lowest BCUT2D eigenvalue weighted by molar-refractivity contribution is -0.384. The number of nitro groups is 1. The topological polar surface area (TPSA) is 108 Å². The van der Waals surface area contributed by atoms with Gasteiger partial charge in [0.25, 0.3) is 5.69 Å². The molecule has 7 heteroatoms. The highest BCUT2D eigenvalue weighted by Gasteiger charge is 2.43. The predicted molar refractivity (Wildman–Crippen MR) is 139 cm³/mol. The fourth-order valence-corrected chi connectivity index (χ4v) is 5.07. The van der Waals surface area contributed by atoms with Crippen LogP contribution in [0.3, 0.4) is 0 Å². The van der Waals surface area contributed by atoms with Gasteiger partial charge in [-0.2, -0.15) is 0 Å². The Bertz CT molecular complexity index is 1440. The molecule has 1 heterocycles. The van der Waals surface area contributed by atoms with Gasteiger partial charge in [0.1, 0.15) is 11.6 Å². The maximum atomic E-state index is 13.5. The van der Waals surface area contributed by atoms with Gasteiger partial charge in [0.15, 0.2) is 5.78 Å². The van der Waals surface area contributed by atoms with E-state index < -0.39 is 10.8 Å². The molecule has 0 spiro atoms. The Hall–Kier alpha value is -4.52. The zero-order chi connectivity index (χ0) is 25.4. The smallest absolute Gasteiger partial charge is 0.269 e. The van der Waals surface area contributed by atoms with Crippen molar-refractivity contribution >= 4 is 28.8 Å². The van der Waals surface area contributed by atoms with Crippen LogP contribution in [0, 0.1) is 22.4 Å². The lowest BCUT2D eigenvalue weighted by Crippen LogP contribution is -2.42. The molecule has 0 unspecified atom stereocenters. The highest BCUT2D eigenvalue weighted by Crippen LogP contribution is 2.48. The number of hydrogen-bond acceptors (Lipinski definition) is 5. The number of aliphatic hydroxyl groups excluding tert-OH is 1. The number of aryl methyl sites for hydroxylation is 1. The second-order valence-electron chi connectivity index (χ2n) is 9.07. The molecule has 1 aliphatic heterocycles. The van der Waals surface area contributed by atoms with E-state index in [4.69, 9.17) is 0 Å². The Morgan fingerprint density at radius 3 is 2.44 bits per heavy atom. The minimum atomic E-state index is -0.804. The number of hydrogen-bond donors (Lipinski definition) is 2. The predicted octanol–water partition coefficient (Wildman–Crippen LogP) is 6.46. The van der Waals surface area contributed by atoms with E-state index in [0.29, 0.717) is 41.7 Å². The van der Waals surface area contributed by atoms with Crippen molar-refractivity contribution in [1.29, 1.82) is 5.41 Å². The van der Waals surface area contributed by atoms with Crippen LogP contribution in [-0.4, -0.2) is 21.6 Å². The van der Waals surface area contributed by atoms with Gasteiger partial charge in [-0.3, -0.25) is 25.2 Å². The monoisotopic (exact) mass is 479 g/mol. The number of Topliss-reactive ketones (excluding diaryl/α,β-unsaturated/α-hetero) is 1. The third-order valence-electron chi connectivity index (χ3n) is 6.76. The summed E-state index contributed by atoms with van der Waals surface area (Å²) in [5.41, 5.74) is 4.07. The standard InChI is InChI=1S/C29H25N3O4/c1-18-13-15-19(16-14-18)28(34)27-25(20-7-5-10-22(17-20)32(35)36)26-23(11-6-12-24(26)33)31(29(27)30)21-8-3-2-4-9-21/h2-5,7-10,13-17,25,30,34H,6,11-12H2,1H3/t25-/m0/s1. The fourth-order valence-electron chi connectivity index (χ4n) is 5.07. The molecule has 180 valence electrons. The lowest BCUT2D eigenvalue weighted by atomic mass is 9.73. The lowest BCUT2D eigenvalue weighted by Gasteiger charge is -2.41. The highest BCUT2D eigenvalue weighted by molar-refractivity contribution is 6.19. The van der Waals surface area contributed by atoms with Crippen molar-refractivity contribution in [3.63, 3.8) is 0 Å². The molecule has 0 bridgehead atoms. The Kier molecular flexibility index (Phi) is 5.98. The third-order valence-corrected chi connectivity index (χ3v) is 6.76. The van der Waals surface area contributed by atoms with E-state index in [1.54, 1.807) is 29.2 Å². The number of para-hydroxylation sites is 1. The van der Waals surface area contributed by atoms with Crippen molar-refractivity contribution < 1.29 is 14.8 Å². The molecule has 1 atom stereocenters. The number of aliphatic hydroxyl groups is 1. The quantitative estimate of drug-likeness (QED) is 0.254. The average Bonchev–Trinajstić information content (AvgIpc) is 2.89. The molecule has 1 aliphatic carbocycles. The molecule has 3 aromatic rings. The van der Waals surface area contributed by atoms with Gasteiger partial charge in [-0.05, 0) is 37.5 Å². The van der Waals surface area contributed by atoms with Crippen molar-refractivity contribution in [3.05, 3.63) is 123 Å². The summed E-state index contributed by atoms with van der Waals surface area (Å²) in [6, 6.07) is 22.8. The van der Waals surface area contributed by atoms with Crippen LogP contribution in [0.5, 0.6) is 0 Å². The molecule has 0 aromatic heterocycles. The van der Waals surface area contributed by atoms with E-state index in [1.807, 2.05) is 49.4 Å². The summed E-state index contributed by atoms with van der Waals surface area (Å²) >= 11 is 0. The number of benzene rings is 3. The minimum absolute atomic E-state index is 0.0456. The number of non-ortho nitro benzene ring substituents is 1. The summed E-state index contributed by atoms with van der Waals surface area (Å²) in [5, 5.41) is 32.5. The van der Waals surface area contributed by atoms with E-state index in [9.17, 15) is 25.4 Å². The molecule has 2 aliphatic rings. The maximum absolute atomic E-state index is 13.5. The van der Waals surface area contributed by atoms with Gasteiger partial charge in [0, 0.05) is 52.6 Å². The molecule has 2 N–H and O–H groups in total. The molecule has 0 amide bonds. The van der Waals surface area contributed by atoms with Crippen LogP contribution in [-0.2, 0) is 4.79 Å². The molecule has 7 nitrogen and oxygen atoms in total. The molecule has 5 rings (SSSR count). The minimum Gasteiger partial charge on any atom is -0.507 e. The largest absolute Gasteiger partial charge is 0.507 e. The van der Waals surface area contributed by atoms with E-state index in [2.05, 4.69) is 0 Å². The van der Waals surface area contributed by atoms with Gasteiger partial charge in [-0.1, -0.05) is 60.2 Å². The fraction of sp³-hybridized carbons (Fsp3) is 0.172. The van der Waals surface area contributed by atoms with Gasteiger partial charge in [-0.25, -0.2) is 0 Å². The Labute approximate surface area is 208 Å². The van der Waals surface area contributed by atoms with Gasteiger partial charge in [0.05, 0.1) is 4.92 Å². The van der Waals surface area contributed by atoms with Crippen molar-refractivity contribution in [2.75, 3.05) is 4.90 Å². The maximum Gasteiger partial charge on any atom is 0.269 e. The van der Waals surface area contributed by atoms with Gasteiger partial charge in [0.2, 0.25) is 0 Å². The van der Waals surface area contributed by atoms with Crippen LogP contribution < -0.4 is 4.90 Å². The van der Waals surface area contributed by atoms with Crippen molar-refractivity contribution in [2.45, 2.75) is 32.1 Å². The van der Waals surface area contributed by atoms with E-state index in [0.717, 1.165) is 11.3 Å². The number of ketones is 1. The molecule has 0 fully saturated rings. The van der Waals surface area contributed by atoms with Crippen LogP contribution in [0.4, 0.5) is 11.4 Å². The molecular weight excluding hydrogens is 454 g/mol. The molecule has 36 heavy (non-hydrogen) atoms. The van der Waals surface area contributed by atoms with Crippen molar-refractivity contribution in [1.82, 2.24) is 0 Å². The number of carbonyl (C=O) groups is 1. The van der Waals surface area contributed by atoms with E-state index in [-0.39, 0.29) is 28.6 Å². The number of nitrogens with zero attached hydrogens (tertiary/aromatic N) is 2. The van der Waals surface area contributed by atoms with Crippen molar-refractivity contribution in [3.8, 4) is 0 Å². The first-order valence-corrected chi connectivity index (χ1v) is 11.8. The first-order chi connectivity index (χ1) is 17.4. The second kappa shape index (κ2) is 9.26. The number of nitrogens with one attached hydrogen (secondary N) is 1. The molecule has 0 saturated heterocycles. The van der Waals surface area contributed by atoms with E-state index >= 15 is 0 Å². The van der Waals surface area contributed by atoms with E-state index in [1.165, 1.54) is 12.1 Å². The zero-order valence-corrected chi connectivity index (χ0v) is 19.8. The first kappa shape index (κ1) is 23.2. The third kappa shape index (κ3) is 3.98. The van der Waals surface area contributed by atoms with Crippen LogP contribution in [0.2, 0.25) is 0 Å². The van der Waals surface area contributed by atoms with Crippen molar-refractivity contribution in [2.24, 2.45) is 0 Å². The molecule has 0 radical (unpaired) electrons. The number of rotatable bonds is 4. The number of nitro benzene ring substituents is 1. The van der Waals surface area contributed by atoms with Crippen LogP contribution in [0.15, 0.2) is 95.7 Å². The Morgan fingerprint density at radius 1 is 1.03 bits per heavy atom. The molecular formula is C29H25N3O4. The second-order valence-corrected chi connectivity index (χ2v) is 9.07. The number of allylic oxidation sites excluding steroid dienone is 2. The Balaban J connectivity index is 1.84. The number of carbonyl (C=O) groups excluding carboxylic acids is 1. The summed E-state index contributed by atoms with van der Waals surface area (Å²) in [5.74, 6) is -0.955. The average molecular weight is 480 g/mol. The number of anilines is 1.